The summed E-state index contributed by atoms with van der Waals surface area (Å²) in [5.74, 6) is 0.919. The van der Waals surface area contributed by atoms with Gasteiger partial charge in [0.25, 0.3) is 0 Å². The second-order valence-electron chi connectivity index (χ2n) is 6.90. The highest BCUT2D eigenvalue weighted by Crippen LogP contribution is 2.27. The van der Waals surface area contributed by atoms with E-state index >= 15 is 0 Å². The highest BCUT2D eigenvalue weighted by Gasteiger charge is 2.18. The summed E-state index contributed by atoms with van der Waals surface area (Å²) in [6.45, 7) is 12.2. The van der Waals surface area contributed by atoms with Crippen molar-refractivity contribution in [1.82, 2.24) is 10.3 Å². The maximum Gasteiger partial charge on any atom is 0.185 e. The lowest BCUT2D eigenvalue weighted by atomic mass is 9.98. The minimum absolute atomic E-state index is 0.168. The molecule has 1 fully saturated rings. The van der Waals surface area contributed by atoms with Gasteiger partial charge in [0.05, 0.1) is 0 Å². The van der Waals surface area contributed by atoms with Crippen LogP contribution in [0.5, 0.6) is 0 Å². The Morgan fingerprint density at radius 1 is 1.35 bits per heavy atom. The molecular weight excluding hydrogens is 266 g/mol. The molecule has 0 bridgehead atoms. The van der Waals surface area contributed by atoms with Gasteiger partial charge in [-0.25, -0.2) is 4.98 Å². The molecule has 0 amide bonds. The number of nitrogens with zero attached hydrogens (tertiary/aromatic N) is 2. The predicted octanol–water partition coefficient (Wildman–Crippen LogP) is 4.05. The normalized spacial score (nSPS) is 21.0. The summed E-state index contributed by atoms with van der Waals surface area (Å²) in [5.41, 5.74) is 0.168. The Morgan fingerprint density at radius 2 is 2.15 bits per heavy atom. The molecule has 1 N–H and O–H groups in total. The number of rotatable bonds is 4. The van der Waals surface area contributed by atoms with E-state index in [9.17, 15) is 0 Å². The molecule has 2 rings (SSSR count). The van der Waals surface area contributed by atoms with Crippen molar-refractivity contribution in [2.75, 3.05) is 18.0 Å². The highest BCUT2D eigenvalue weighted by molar-refractivity contribution is 7.15. The molecule has 2 heterocycles. The number of thiazole rings is 1. The molecule has 20 heavy (non-hydrogen) atoms. The summed E-state index contributed by atoms with van der Waals surface area (Å²) in [6.07, 6.45) is 7.39. The molecule has 0 spiro atoms. The van der Waals surface area contributed by atoms with Crippen molar-refractivity contribution >= 4 is 16.5 Å². The van der Waals surface area contributed by atoms with Gasteiger partial charge in [-0.05, 0) is 46.0 Å². The zero-order chi connectivity index (χ0) is 14.6. The lowest BCUT2D eigenvalue weighted by Crippen LogP contribution is -2.34. The number of nitrogens with one attached hydrogen (secondary N) is 1. The zero-order valence-electron chi connectivity index (χ0n) is 13.4. The summed E-state index contributed by atoms with van der Waals surface area (Å²) >= 11 is 1.85. The topological polar surface area (TPSA) is 28.2 Å². The largest absolute Gasteiger partial charge is 0.348 e. The predicted molar refractivity (Wildman–Crippen MR) is 88.6 cm³/mol. The van der Waals surface area contributed by atoms with Gasteiger partial charge in [-0.1, -0.05) is 13.3 Å². The highest BCUT2D eigenvalue weighted by atomic mass is 32.1. The van der Waals surface area contributed by atoms with Crippen molar-refractivity contribution in [3.8, 4) is 0 Å². The maximum atomic E-state index is 4.64. The number of aromatic nitrogens is 1. The molecule has 1 aliphatic rings. The van der Waals surface area contributed by atoms with Crippen molar-refractivity contribution < 1.29 is 0 Å². The van der Waals surface area contributed by atoms with E-state index in [1.54, 1.807) is 0 Å². The molecule has 1 aromatic rings. The van der Waals surface area contributed by atoms with Gasteiger partial charge in [0.15, 0.2) is 5.13 Å². The van der Waals surface area contributed by atoms with Crippen molar-refractivity contribution in [3.63, 3.8) is 0 Å². The fraction of sp³-hybridized carbons (Fsp3) is 0.812. The van der Waals surface area contributed by atoms with Gasteiger partial charge in [-0.3, -0.25) is 0 Å². The smallest absolute Gasteiger partial charge is 0.185 e. The Labute approximate surface area is 127 Å². The van der Waals surface area contributed by atoms with Crippen LogP contribution in [0.3, 0.4) is 0 Å². The Hall–Kier alpha value is -0.610. The van der Waals surface area contributed by atoms with E-state index in [1.165, 1.54) is 48.8 Å². The summed E-state index contributed by atoms with van der Waals surface area (Å²) in [6, 6.07) is 0. The SMILES string of the molecule is CCC1CCCN(c2ncc(CNC(C)(C)C)s2)CC1. The fourth-order valence-electron chi connectivity index (χ4n) is 2.64. The average molecular weight is 295 g/mol. The van der Waals surface area contributed by atoms with Gasteiger partial charge in [-0.15, -0.1) is 11.3 Å². The van der Waals surface area contributed by atoms with Crippen LogP contribution in [-0.2, 0) is 6.54 Å². The Balaban J connectivity index is 1.91. The average Bonchev–Trinajstić information content (AvgIpc) is 2.73. The van der Waals surface area contributed by atoms with E-state index in [2.05, 4.69) is 42.9 Å². The molecule has 1 aromatic heterocycles. The van der Waals surface area contributed by atoms with Crippen LogP contribution < -0.4 is 10.2 Å². The molecule has 0 radical (unpaired) electrons. The lowest BCUT2D eigenvalue weighted by Gasteiger charge is -2.20. The maximum absolute atomic E-state index is 4.64. The molecule has 0 aliphatic carbocycles. The van der Waals surface area contributed by atoms with Crippen LogP contribution in [-0.4, -0.2) is 23.6 Å². The second kappa shape index (κ2) is 6.90. The van der Waals surface area contributed by atoms with Crippen LogP contribution in [0, 0.1) is 5.92 Å². The summed E-state index contributed by atoms with van der Waals surface area (Å²) in [4.78, 5) is 8.46. The molecule has 1 atom stereocenters. The third-order valence-corrected chi connectivity index (χ3v) is 5.09. The number of hydrogen-bond donors (Lipinski definition) is 1. The lowest BCUT2D eigenvalue weighted by molar-refractivity contribution is 0.426. The molecule has 1 aliphatic heterocycles. The van der Waals surface area contributed by atoms with Crippen LogP contribution in [0.15, 0.2) is 6.20 Å². The van der Waals surface area contributed by atoms with E-state index in [4.69, 9.17) is 0 Å². The van der Waals surface area contributed by atoms with Crippen molar-refractivity contribution in [2.24, 2.45) is 5.92 Å². The van der Waals surface area contributed by atoms with Crippen LogP contribution in [0.2, 0.25) is 0 Å². The first-order chi connectivity index (χ1) is 9.48. The fourth-order valence-corrected chi connectivity index (χ4v) is 3.54. The number of hydrogen-bond acceptors (Lipinski definition) is 4. The molecule has 1 saturated heterocycles. The van der Waals surface area contributed by atoms with E-state index in [1.807, 2.05) is 17.5 Å². The number of anilines is 1. The summed E-state index contributed by atoms with van der Waals surface area (Å²) in [7, 11) is 0. The van der Waals surface area contributed by atoms with E-state index in [0.717, 1.165) is 12.5 Å². The van der Waals surface area contributed by atoms with Crippen molar-refractivity contribution in [2.45, 2.75) is 65.5 Å². The van der Waals surface area contributed by atoms with Crippen molar-refractivity contribution in [1.29, 1.82) is 0 Å². The van der Waals surface area contributed by atoms with Crippen LogP contribution >= 0.6 is 11.3 Å². The minimum Gasteiger partial charge on any atom is -0.348 e. The first-order valence-electron chi connectivity index (χ1n) is 7.92. The summed E-state index contributed by atoms with van der Waals surface area (Å²) in [5, 5.41) is 4.75. The Bertz CT molecular complexity index is 408. The first kappa shape index (κ1) is 15.8. The van der Waals surface area contributed by atoms with E-state index in [-0.39, 0.29) is 5.54 Å². The molecule has 1 unspecified atom stereocenters. The van der Waals surface area contributed by atoms with Gasteiger partial charge < -0.3 is 10.2 Å². The van der Waals surface area contributed by atoms with Crippen LogP contribution in [0.1, 0.15) is 58.3 Å². The van der Waals surface area contributed by atoms with Gasteiger partial charge >= 0.3 is 0 Å². The molecule has 0 saturated carbocycles. The molecule has 4 heteroatoms. The van der Waals surface area contributed by atoms with Crippen molar-refractivity contribution in [3.05, 3.63) is 11.1 Å². The standard InChI is InChI=1S/C16H29N3S/c1-5-13-7-6-9-19(10-8-13)15-17-11-14(20-15)12-18-16(2,3)4/h11,13,18H,5-10,12H2,1-4H3. The van der Waals surface area contributed by atoms with Crippen LogP contribution in [0.25, 0.3) is 0 Å². The van der Waals surface area contributed by atoms with E-state index in [0.29, 0.717) is 0 Å². The van der Waals surface area contributed by atoms with Gasteiger partial charge in [0.1, 0.15) is 0 Å². The Kier molecular flexibility index (Phi) is 5.44. The molecule has 3 nitrogen and oxygen atoms in total. The quantitative estimate of drug-likeness (QED) is 0.908. The molecular formula is C16H29N3S. The zero-order valence-corrected chi connectivity index (χ0v) is 14.2. The second-order valence-corrected chi connectivity index (χ2v) is 8.00. The van der Waals surface area contributed by atoms with Gasteiger partial charge in [0, 0.05) is 36.2 Å². The van der Waals surface area contributed by atoms with Crippen LogP contribution in [0.4, 0.5) is 5.13 Å². The molecule has 0 aromatic carbocycles. The van der Waals surface area contributed by atoms with Gasteiger partial charge in [0.2, 0.25) is 0 Å². The monoisotopic (exact) mass is 295 g/mol. The van der Waals surface area contributed by atoms with Gasteiger partial charge in [-0.2, -0.15) is 0 Å². The molecule has 114 valence electrons. The third kappa shape index (κ3) is 4.74. The van der Waals surface area contributed by atoms with E-state index < -0.39 is 0 Å². The Morgan fingerprint density at radius 3 is 2.85 bits per heavy atom. The summed E-state index contributed by atoms with van der Waals surface area (Å²) < 4.78 is 0. The third-order valence-electron chi connectivity index (χ3n) is 4.03. The minimum atomic E-state index is 0.168. The first-order valence-corrected chi connectivity index (χ1v) is 8.74.